The predicted octanol–water partition coefficient (Wildman–Crippen LogP) is 3.40. The van der Waals surface area contributed by atoms with Crippen LogP contribution < -0.4 is 5.32 Å². The normalized spacial score (nSPS) is 18.3. The van der Waals surface area contributed by atoms with Crippen LogP contribution in [0.1, 0.15) is 48.6 Å². The van der Waals surface area contributed by atoms with Gasteiger partial charge in [0.2, 0.25) is 5.89 Å². The minimum Gasteiger partial charge on any atom is -0.444 e. The van der Waals surface area contributed by atoms with Crippen LogP contribution in [-0.4, -0.2) is 4.98 Å². The van der Waals surface area contributed by atoms with Crippen molar-refractivity contribution in [3.63, 3.8) is 0 Å². The summed E-state index contributed by atoms with van der Waals surface area (Å²) in [5.41, 5.74) is 2.92. The fourth-order valence-corrected chi connectivity index (χ4v) is 2.77. The van der Waals surface area contributed by atoms with E-state index in [0.717, 1.165) is 18.1 Å². The summed E-state index contributed by atoms with van der Waals surface area (Å²) in [6.45, 7) is 2.79. The molecule has 0 bridgehead atoms. The molecule has 2 aromatic rings. The van der Waals surface area contributed by atoms with E-state index < -0.39 is 0 Å². The monoisotopic (exact) mass is 256 g/mol. The molecule has 1 aromatic heterocycles. The molecule has 1 atom stereocenters. The van der Waals surface area contributed by atoms with Crippen molar-refractivity contribution in [3.05, 3.63) is 53.2 Å². The number of benzene rings is 1. The van der Waals surface area contributed by atoms with E-state index in [1.54, 1.807) is 0 Å². The highest BCUT2D eigenvalue weighted by molar-refractivity contribution is 5.32. The van der Waals surface area contributed by atoms with Gasteiger partial charge in [0.15, 0.2) is 0 Å². The molecule has 0 fully saturated rings. The van der Waals surface area contributed by atoms with Gasteiger partial charge < -0.3 is 9.73 Å². The van der Waals surface area contributed by atoms with Gasteiger partial charge in [-0.05, 0) is 30.4 Å². The van der Waals surface area contributed by atoms with Crippen molar-refractivity contribution < 1.29 is 4.42 Å². The van der Waals surface area contributed by atoms with E-state index in [4.69, 9.17) is 4.42 Å². The van der Waals surface area contributed by atoms with Crippen LogP contribution in [0, 0.1) is 0 Å². The third-order valence-electron chi connectivity index (χ3n) is 3.82. The molecule has 19 heavy (non-hydrogen) atoms. The van der Waals surface area contributed by atoms with E-state index in [9.17, 15) is 0 Å². The zero-order valence-electron chi connectivity index (χ0n) is 11.4. The lowest BCUT2D eigenvalue weighted by molar-refractivity contribution is 0.396. The molecule has 1 unspecified atom stereocenters. The Morgan fingerprint density at radius 2 is 2.26 bits per heavy atom. The van der Waals surface area contributed by atoms with Gasteiger partial charge in [-0.15, -0.1) is 0 Å². The van der Waals surface area contributed by atoms with Crippen molar-refractivity contribution in [3.8, 4) is 0 Å². The summed E-state index contributed by atoms with van der Waals surface area (Å²) in [6.07, 6.45) is 6.37. The van der Waals surface area contributed by atoms with Crippen LogP contribution in [0.5, 0.6) is 0 Å². The molecular formula is C16H20N2O. The van der Waals surface area contributed by atoms with Gasteiger partial charge in [0.05, 0.1) is 12.7 Å². The quantitative estimate of drug-likeness (QED) is 0.911. The third-order valence-corrected chi connectivity index (χ3v) is 3.82. The highest BCUT2D eigenvalue weighted by Crippen LogP contribution is 2.29. The minimum absolute atomic E-state index is 0.432. The average molecular weight is 256 g/mol. The molecule has 0 radical (unpaired) electrons. The van der Waals surface area contributed by atoms with Crippen LogP contribution >= 0.6 is 0 Å². The van der Waals surface area contributed by atoms with Crippen molar-refractivity contribution in [2.45, 2.75) is 45.2 Å². The molecule has 3 rings (SSSR count). The first-order valence-corrected chi connectivity index (χ1v) is 7.11. The Labute approximate surface area is 114 Å². The summed E-state index contributed by atoms with van der Waals surface area (Å²) in [4.78, 5) is 4.30. The molecule has 1 aromatic carbocycles. The molecule has 3 heteroatoms. The number of fused-ring (bicyclic) bond motifs is 1. The van der Waals surface area contributed by atoms with Crippen LogP contribution in [0.3, 0.4) is 0 Å². The summed E-state index contributed by atoms with van der Waals surface area (Å²) < 4.78 is 5.64. The van der Waals surface area contributed by atoms with Crippen LogP contribution in [-0.2, 0) is 19.4 Å². The highest BCUT2D eigenvalue weighted by Gasteiger charge is 2.19. The van der Waals surface area contributed by atoms with Crippen molar-refractivity contribution in [2.24, 2.45) is 0 Å². The maximum absolute atomic E-state index is 5.64. The second-order valence-electron chi connectivity index (χ2n) is 5.10. The predicted molar refractivity (Wildman–Crippen MR) is 74.8 cm³/mol. The van der Waals surface area contributed by atoms with E-state index in [1.807, 2.05) is 6.20 Å². The summed E-state index contributed by atoms with van der Waals surface area (Å²) in [5.74, 6) is 1.75. The number of nitrogens with zero attached hydrogens (tertiary/aromatic N) is 1. The van der Waals surface area contributed by atoms with Crippen molar-refractivity contribution in [1.29, 1.82) is 0 Å². The maximum Gasteiger partial charge on any atom is 0.208 e. The molecule has 1 N–H and O–H groups in total. The molecular weight excluding hydrogens is 236 g/mol. The summed E-state index contributed by atoms with van der Waals surface area (Å²) in [7, 11) is 0. The van der Waals surface area contributed by atoms with E-state index in [-0.39, 0.29) is 0 Å². The average Bonchev–Trinajstić information content (AvgIpc) is 2.93. The topological polar surface area (TPSA) is 38.1 Å². The first-order valence-electron chi connectivity index (χ1n) is 7.11. The highest BCUT2D eigenvalue weighted by atomic mass is 16.4. The van der Waals surface area contributed by atoms with Crippen molar-refractivity contribution >= 4 is 0 Å². The molecule has 0 aliphatic heterocycles. The van der Waals surface area contributed by atoms with Gasteiger partial charge in [-0.1, -0.05) is 31.2 Å². The van der Waals surface area contributed by atoms with Gasteiger partial charge in [-0.3, -0.25) is 0 Å². The summed E-state index contributed by atoms with van der Waals surface area (Å²) >= 11 is 0. The van der Waals surface area contributed by atoms with Crippen LogP contribution in [0.4, 0.5) is 0 Å². The van der Waals surface area contributed by atoms with Gasteiger partial charge in [0.1, 0.15) is 5.76 Å². The zero-order valence-corrected chi connectivity index (χ0v) is 11.4. The minimum atomic E-state index is 0.432. The Hall–Kier alpha value is -1.61. The Kier molecular flexibility index (Phi) is 3.65. The number of rotatable bonds is 4. The van der Waals surface area contributed by atoms with Crippen molar-refractivity contribution in [1.82, 2.24) is 10.3 Å². The van der Waals surface area contributed by atoms with Crippen molar-refractivity contribution in [2.75, 3.05) is 0 Å². The first-order chi connectivity index (χ1) is 9.36. The standard InChI is InChI=1S/C16H20N2O/c1-2-13-10-18-16(19-13)11-17-15-9-5-7-12-6-3-4-8-14(12)15/h3-4,6,8,10,15,17H,2,5,7,9,11H2,1H3. The van der Waals surface area contributed by atoms with Crippen LogP contribution in [0.2, 0.25) is 0 Å². The smallest absolute Gasteiger partial charge is 0.208 e. The Bertz CT molecular complexity index is 547. The van der Waals surface area contributed by atoms with E-state index in [1.165, 1.54) is 30.4 Å². The van der Waals surface area contributed by atoms with Crippen LogP contribution in [0.25, 0.3) is 0 Å². The second kappa shape index (κ2) is 5.57. The number of nitrogens with one attached hydrogen (secondary N) is 1. The largest absolute Gasteiger partial charge is 0.444 e. The fourth-order valence-electron chi connectivity index (χ4n) is 2.77. The van der Waals surface area contributed by atoms with E-state index >= 15 is 0 Å². The van der Waals surface area contributed by atoms with Crippen LogP contribution in [0.15, 0.2) is 34.9 Å². The molecule has 3 nitrogen and oxygen atoms in total. The maximum atomic E-state index is 5.64. The van der Waals surface area contributed by atoms with Gasteiger partial charge in [0.25, 0.3) is 0 Å². The Balaban J connectivity index is 1.68. The molecule has 0 amide bonds. The number of aryl methyl sites for hydroxylation is 2. The zero-order chi connectivity index (χ0) is 13.1. The molecule has 1 heterocycles. The SMILES string of the molecule is CCc1cnc(CNC2CCCc3ccccc32)o1. The molecule has 0 saturated carbocycles. The molecule has 1 aliphatic carbocycles. The summed E-state index contributed by atoms with van der Waals surface area (Å²) in [6, 6.07) is 9.16. The fraction of sp³-hybridized carbons (Fsp3) is 0.438. The lowest BCUT2D eigenvalue weighted by Gasteiger charge is -2.26. The molecule has 100 valence electrons. The number of hydrogen-bond acceptors (Lipinski definition) is 3. The number of oxazole rings is 1. The second-order valence-corrected chi connectivity index (χ2v) is 5.10. The van der Waals surface area contributed by atoms with Gasteiger partial charge in [-0.2, -0.15) is 0 Å². The lowest BCUT2D eigenvalue weighted by atomic mass is 9.88. The first kappa shape index (κ1) is 12.4. The van der Waals surface area contributed by atoms with Gasteiger partial charge in [0, 0.05) is 12.5 Å². The molecule has 1 aliphatic rings. The van der Waals surface area contributed by atoms with E-state index in [2.05, 4.69) is 41.5 Å². The van der Waals surface area contributed by atoms with Gasteiger partial charge in [-0.25, -0.2) is 4.98 Å². The number of aromatic nitrogens is 1. The van der Waals surface area contributed by atoms with E-state index in [0.29, 0.717) is 12.6 Å². The Morgan fingerprint density at radius 3 is 3.11 bits per heavy atom. The Morgan fingerprint density at radius 1 is 1.37 bits per heavy atom. The summed E-state index contributed by atoms with van der Waals surface area (Å²) in [5, 5.41) is 3.58. The number of hydrogen-bond donors (Lipinski definition) is 1. The third kappa shape index (κ3) is 2.71. The molecule has 0 spiro atoms. The van der Waals surface area contributed by atoms with Gasteiger partial charge >= 0.3 is 0 Å². The molecule has 0 saturated heterocycles. The lowest BCUT2D eigenvalue weighted by Crippen LogP contribution is -2.24.